The topological polar surface area (TPSA) is 49.9 Å². The predicted molar refractivity (Wildman–Crippen MR) is 90.6 cm³/mol. The van der Waals surface area contributed by atoms with Crippen LogP contribution in [0.25, 0.3) is 0 Å². The van der Waals surface area contributed by atoms with Gasteiger partial charge in [-0.05, 0) is 37.9 Å². The van der Waals surface area contributed by atoms with Gasteiger partial charge in [0.15, 0.2) is 6.23 Å². The normalized spacial score (nSPS) is 20.8. The third-order valence-electron chi connectivity index (χ3n) is 4.37. The summed E-state index contributed by atoms with van der Waals surface area (Å²) in [5.41, 5.74) is 1.28. The van der Waals surface area contributed by atoms with Crippen molar-refractivity contribution in [1.29, 1.82) is 0 Å². The van der Waals surface area contributed by atoms with E-state index in [-0.39, 0.29) is 17.4 Å². The van der Waals surface area contributed by atoms with Crippen LogP contribution in [0.2, 0.25) is 0 Å². The van der Waals surface area contributed by atoms with E-state index in [1.54, 1.807) is 0 Å². The first-order chi connectivity index (χ1) is 11.1. The first-order valence-electron chi connectivity index (χ1n) is 8.07. The predicted octanol–water partition coefficient (Wildman–Crippen LogP) is 2.75. The molecule has 1 fully saturated rings. The summed E-state index contributed by atoms with van der Waals surface area (Å²) in [6.45, 7) is 1.43. The minimum Gasteiger partial charge on any atom is -0.475 e. The van der Waals surface area contributed by atoms with Gasteiger partial charge in [-0.25, -0.2) is 0 Å². The molecule has 3 rings (SSSR count). The fourth-order valence-electron chi connectivity index (χ4n) is 2.99. The summed E-state index contributed by atoms with van der Waals surface area (Å²) in [6, 6.07) is 8.19. The Balaban J connectivity index is 1.41. The molecule has 0 spiro atoms. The Morgan fingerprint density at radius 1 is 1.30 bits per heavy atom. The highest BCUT2D eigenvalue weighted by Crippen LogP contribution is 2.28. The molecule has 23 heavy (non-hydrogen) atoms. The maximum Gasteiger partial charge on any atom is 0.288 e. The number of ether oxygens (including phenoxy) is 1. The standard InChI is InChI=1S/C17H22N2O3S/c1-18(10-4-5-11-19-15(20)12-23-17(19)21)16-9-8-13-6-2-3-7-14(13)22-16/h2-3,6-7,16H,4-5,8-12H2,1H3. The molecular weight excluding hydrogens is 312 g/mol. The van der Waals surface area contributed by atoms with Crippen LogP contribution in [0, 0.1) is 0 Å². The highest BCUT2D eigenvalue weighted by Gasteiger charge is 2.29. The molecule has 2 heterocycles. The number of carbonyl (C=O) groups excluding carboxylic acids is 2. The summed E-state index contributed by atoms with van der Waals surface area (Å²) < 4.78 is 6.06. The number of unbranched alkanes of at least 4 members (excludes halogenated alkanes) is 1. The van der Waals surface area contributed by atoms with Crippen molar-refractivity contribution in [3.63, 3.8) is 0 Å². The van der Waals surface area contributed by atoms with Crippen LogP contribution in [0.3, 0.4) is 0 Å². The number of aryl methyl sites for hydroxylation is 1. The van der Waals surface area contributed by atoms with E-state index in [4.69, 9.17) is 4.74 Å². The van der Waals surface area contributed by atoms with Crippen molar-refractivity contribution in [1.82, 2.24) is 9.80 Å². The molecule has 1 unspecified atom stereocenters. The number of carbonyl (C=O) groups is 2. The SMILES string of the molecule is CN(CCCCN1C(=O)CSC1=O)C1CCc2ccccc2O1. The van der Waals surface area contributed by atoms with Crippen molar-refractivity contribution < 1.29 is 14.3 Å². The Bertz CT molecular complexity index is 577. The molecule has 5 nitrogen and oxygen atoms in total. The first kappa shape index (κ1) is 16.3. The van der Waals surface area contributed by atoms with E-state index in [0.717, 1.165) is 49.7 Å². The van der Waals surface area contributed by atoms with Gasteiger partial charge in [-0.2, -0.15) is 0 Å². The second kappa shape index (κ2) is 7.36. The van der Waals surface area contributed by atoms with Crippen molar-refractivity contribution in [3.05, 3.63) is 29.8 Å². The second-order valence-corrected chi connectivity index (χ2v) is 6.93. The number of hydrogen-bond donors (Lipinski definition) is 0. The molecule has 0 saturated carbocycles. The zero-order valence-electron chi connectivity index (χ0n) is 13.4. The largest absolute Gasteiger partial charge is 0.475 e. The van der Waals surface area contributed by atoms with Gasteiger partial charge in [0.25, 0.3) is 5.24 Å². The van der Waals surface area contributed by atoms with Gasteiger partial charge in [-0.15, -0.1) is 0 Å². The summed E-state index contributed by atoms with van der Waals surface area (Å²) >= 11 is 1.10. The lowest BCUT2D eigenvalue weighted by Crippen LogP contribution is -2.39. The summed E-state index contributed by atoms with van der Waals surface area (Å²) in [5, 5.41) is -0.101. The van der Waals surface area contributed by atoms with E-state index in [1.807, 2.05) is 18.2 Å². The second-order valence-electron chi connectivity index (χ2n) is 6.01. The monoisotopic (exact) mass is 334 g/mol. The third-order valence-corrected chi connectivity index (χ3v) is 5.23. The fraction of sp³-hybridized carbons (Fsp3) is 0.529. The van der Waals surface area contributed by atoms with Gasteiger partial charge in [0.2, 0.25) is 5.91 Å². The molecule has 0 aromatic heterocycles. The number of para-hydroxylation sites is 1. The summed E-state index contributed by atoms with van der Waals surface area (Å²) in [5.74, 6) is 1.23. The van der Waals surface area contributed by atoms with Crippen LogP contribution in [0.15, 0.2) is 24.3 Å². The number of rotatable bonds is 6. The molecule has 2 aliphatic rings. The molecule has 1 saturated heterocycles. The average molecular weight is 334 g/mol. The molecule has 0 bridgehead atoms. The Hall–Kier alpha value is -1.53. The third kappa shape index (κ3) is 3.87. The molecule has 2 amide bonds. The van der Waals surface area contributed by atoms with Gasteiger partial charge in [0.05, 0.1) is 5.75 Å². The zero-order valence-corrected chi connectivity index (χ0v) is 14.2. The summed E-state index contributed by atoms with van der Waals surface area (Å²) in [6.07, 6.45) is 3.92. The smallest absolute Gasteiger partial charge is 0.288 e. The average Bonchev–Trinajstić information content (AvgIpc) is 2.89. The lowest BCUT2D eigenvalue weighted by Gasteiger charge is -2.33. The van der Waals surface area contributed by atoms with Crippen molar-refractivity contribution in [2.24, 2.45) is 0 Å². The molecular formula is C17H22N2O3S. The Labute approximate surface area is 141 Å². The zero-order chi connectivity index (χ0) is 16.2. The molecule has 6 heteroatoms. The lowest BCUT2D eigenvalue weighted by molar-refractivity contribution is -0.124. The van der Waals surface area contributed by atoms with Crippen LogP contribution < -0.4 is 4.74 Å². The number of fused-ring (bicyclic) bond motifs is 1. The highest BCUT2D eigenvalue weighted by atomic mass is 32.2. The van der Waals surface area contributed by atoms with E-state index < -0.39 is 0 Å². The van der Waals surface area contributed by atoms with Crippen molar-refractivity contribution >= 4 is 22.9 Å². The Morgan fingerprint density at radius 2 is 2.13 bits per heavy atom. The first-order valence-corrected chi connectivity index (χ1v) is 9.05. The molecule has 1 aromatic rings. The lowest BCUT2D eigenvalue weighted by atomic mass is 10.0. The number of hydrogen-bond acceptors (Lipinski definition) is 5. The molecule has 2 aliphatic heterocycles. The summed E-state index contributed by atoms with van der Waals surface area (Å²) in [4.78, 5) is 26.6. The fourth-order valence-corrected chi connectivity index (χ4v) is 3.74. The maximum atomic E-state index is 11.5. The van der Waals surface area contributed by atoms with E-state index in [9.17, 15) is 9.59 Å². The van der Waals surface area contributed by atoms with Crippen molar-refractivity contribution in [3.8, 4) is 5.75 Å². The van der Waals surface area contributed by atoms with E-state index in [2.05, 4.69) is 18.0 Å². The highest BCUT2D eigenvalue weighted by molar-refractivity contribution is 8.14. The Kier molecular flexibility index (Phi) is 5.23. The molecule has 0 aliphatic carbocycles. The van der Waals surface area contributed by atoms with E-state index >= 15 is 0 Å². The van der Waals surface area contributed by atoms with Gasteiger partial charge in [0.1, 0.15) is 5.75 Å². The van der Waals surface area contributed by atoms with Gasteiger partial charge in [-0.3, -0.25) is 19.4 Å². The van der Waals surface area contributed by atoms with Crippen molar-refractivity contribution in [2.45, 2.75) is 31.9 Å². The molecule has 1 atom stereocenters. The number of benzene rings is 1. The minimum absolute atomic E-state index is 0.0550. The number of amides is 2. The van der Waals surface area contributed by atoms with Gasteiger partial charge in [-0.1, -0.05) is 30.0 Å². The number of imide groups is 1. The summed E-state index contributed by atoms with van der Waals surface area (Å²) in [7, 11) is 2.07. The maximum absolute atomic E-state index is 11.5. The molecule has 0 N–H and O–H groups in total. The van der Waals surface area contributed by atoms with Crippen LogP contribution in [-0.2, 0) is 11.2 Å². The molecule has 1 aromatic carbocycles. The molecule has 0 radical (unpaired) electrons. The van der Waals surface area contributed by atoms with Gasteiger partial charge < -0.3 is 4.74 Å². The molecule has 124 valence electrons. The van der Waals surface area contributed by atoms with Crippen LogP contribution >= 0.6 is 11.8 Å². The Morgan fingerprint density at radius 3 is 2.91 bits per heavy atom. The van der Waals surface area contributed by atoms with Crippen LogP contribution in [0.5, 0.6) is 5.75 Å². The van der Waals surface area contributed by atoms with Crippen LogP contribution in [0.1, 0.15) is 24.8 Å². The quantitative estimate of drug-likeness (QED) is 0.749. The van der Waals surface area contributed by atoms with E-state index in [0.29, 0.717) is 12.3 Å². The van der Waals surface area contributed by atoms with Crippen LogP contribution in [0.4, 0.5) is 4.79 Å². The number of thioether (sulfide) groups is 1. The van der Waals surface area contributed by atoms with Crippen LogP contribution in [-0.4, -0.2) is 53.1 Å². The van der Waals surface area contributed by atoms with E-state index in [1.165, 1.54) is 10.5 Å². The minimum atomic E-state index is -0.101. The van der Waals surface area contributed by atoms with Crippen molar-refractivity contribution in [2.75, 3.05) is 25.9 Å². The number of nitrogens with zero attached hydrogens (tertiary/aromatic N) is 2. The van der Waals surface area contributed by atoms with Gasteiger partial charge >= 0.3 is 0 Å². The van der Waals surface area contributed by atoms with Gasteiger partial charge in [0, 0.05) is 19.5 Å².